The molecule has 0 saturated heterocycles. The maximum atomic E-state index is 13.2. The minimum Gasteiger partial charge on any atom is -0.508 e. The lowest BCUT2D eigenvalue weighted by atomic mass is 9.94. The van der Waals surface area contributed by atoms with Crippen LogP contribution in [-0.2, 0) is 11.3 Å². The highest BCUT2D eigenvalue weighted by Crippen LogP contribution is 2.40. The Morgan fingerprint density at radius 2 is 1.83 bits per heavy atom. The predicted molar refractivity (Wildman–Crippen MR) is 100 cm³/mol. The molecule has 0 fully saturated rings. The van der Waals surface area contributed by atoms with Crippen LogP contribution in [0.5, 0.6) is 5.75 Å². The molecule has 1 amide bonds. The van der Waals surface area contributed by atoms with Gasteiger partial charge in [0.05, 0.1) is 17.9 Å². The van der Waals surface area contributed by atoms with Crippen molar-refractivity contribution in [1.29, 1.82) is 0 Å². The molecular weight excluding hydrogens is 377 g/mol. The molecule has 1 aromatic heterocycles. The summed E-state index contributed by atoms with van der Waals surface area (Å²) in [4.78, 5) is 27.1. The number of ketones is 1. The Morgan fingerprint density at radius 3 is 2.48 bits per heavy atom. The molecule has 2 heterocycles. The van der Waals surface area contributed by atoms with E-state index in [1.807, 2.05) is 0 Å². The minimum atomic E-state index is -0.947. The Labute approximate surface area is 165 Å². The smallest absolute Gasteiger partial charge is 0.290 e. The number of halogens is 1. The third kappa shape index (κ3) is 3.38. The fraction of sp³-hybridized carbons (Fsp3) is 0.0909. The van der Waals surface area contributed by atoms with Gasteiger partial charge in [-0.3, -0.25) is 9.59 Å². The number of carbonyl (C=O) groups is 2. The van der Waals surface area contributed by atoms with Gasteiger partial charge in [-0.1, -0.05) is 24.3 Å². The first kappa shape index (κ1) is 18.5. The van der Waals surface area contributed by atoms with E-state index in [2.05, 4.69) is 0 Å². The first-order chi connectivity index (χ1) is 14.0. The van der Waals surface area contributed by atoms with Crippen LogP contribution in [0.3, 0.4) is 0 Å². The van der Waals surface area contributed by atoms with E-state index in [0.717, 1.165) is 0 Å². The fourth-order valence-electron chi connectivity index (χ4n) is 3.42. The summed E-state index contributed by atoms with van der Waals surface area (Å²) in [6.07, 6.45) is 1.32. The molecule has 2 aromatic carbocycles. The summed E-state index contributed by atoms with van der Waals surface area (Å²) < 4.78 is 18.4. The molecule has 0 saturated carbocycles. The molecule has 1 unspecified atom stereocenters. The Hall–Kier alpha value is -3.87. The van der Waals surface area contributed by atoms with Gasteiger partial charge in [-0.2, -0.15) is 0 Å². The van der Waals surface area contributed by atoms with Crippen molar-refractivity contribution in [2.45, 2.75) is 12.6 Å². The molecule has 1 aliphatic heterocycles. The van der Waals surface area contributed by atoms with Crippen molar-refractivity contribution in [1.82, 2.24) is 4.90 Å². The third-order valence-electron chi connectivity index (χ3n) is 4.75. The molecule has 4 rings (SSSR count). The minimum absolute atomic E-state index is 0.0202. The van der Waals surface area contributed by atoms with Crippen molar-refractivity contribution >= 4 is 11.7 Å². The van der Waals surface area contributed by atoms with Gasteiger partial charge in [0.2, 0.25) is 5.78 Å². The number of aliphatic hydroxyl groups is 1. The number of aromatic hydroxyl groups is 1. The topological polar surface area (TPSA) is 91.0 Å². The van der Waals surface area contributed by atoms with Gasteiger partial charge in [-0.05, 0) is 47.5 Å². The van der Waals surface area contributed by atoms with Gasteiger partial charge >= 0.3 is 0 Å². The summed E-state index contributed by atoms with van der Waals surface area (Å²) in [5.41, 5.74) is 0.918. The molecule has 1 atom stereocenters. The van der Waals surface area contributed by atoms with Gasteiger partial charge in [-0.25, -0.2) is 4.39 Å². The molecule has 1 aliphatic rings. The monoisotopic (exact) mass is 393 g/mol. The maximum Gasteiger partial charge on any atom is 0.290 e. The van der Waals surface area contributed by atoms with Crippen LogP contribution in [0.25, 0.3) is 0 Å². The number of hydrogen-bond acceptors (Lipinski definition) is 5. The fourth-order valence-corrected chi connectivity index (χ4v) is 3.42. The van der Waals surface area contributed by atoms with E-state index in [1.165, 1.54) is 59.7 Å². The lowest BCUT2D eigenvalue weighted by Gasteiger charge is -2.27. The Bertz CT molecular complexity index is 1100. The van der Waals surface area contributed by atoms with E-state index >= 15 is 0 Å². The molecule has 0 bridgehead atoms. The molecular formula is C22H16FNO5. The normalized spacial score (nSPS) is 16.5. The first-order valence-electron chi connectivity index (χ1n) is 8.81. The SMILES string of the molecule is O=C(C1=C(O)C(=O)N(Cc2ccc(F)cc2)C1c1cccc(O)c1)c1ccco1. The summed E-state index contributed by atoms with van der Waals surface area (Å²) in [5.74, 6) is -2.53. The van der Waals surface area contributed by atoms with E-state index in [4.69, 9.17) is 4.42 Å². The second-order valence-corrected chi connectivity index (χ2v) is 6.63. The Kier molecular flexibility index (Phi) is 4.64. The number of carbonyl (C=O) groups excluding carboxylic acids is 2. The number of amides is 1. The summed E-state index contributed by atoms with van der Waals surface area (Å²) in [6.45, 7) is 0.0262. The summed E-state index contributed by atoms with van der Waals surface area (Å²) >= 11 is 0. The van der Waals surface area contributed by atoms with E-state index in [1.54, 1.807) is 12.1 Å². The van der Waals surface area contributed by atoms with Gasteiger partial charge in [0.15, 0.2) is 11.5 Å². The highest BCUT2D eigenvalue weighted by molar-refractivity contribution is 6.15. The Morgan fingerprint density at radius 1 is 1.07 bits per heavy atom. The van der Waals surface area contributed by atoms with Crippen molar-refractivity contribution < 1.29 is 28.6 Å². The van der Waals surface area contributed by atoms with Crippen LogP contribution < -0.4 is 0 Å². The molecule has 146 valence electrons. The summed E-state index contributed by atoms with van der Waals surface area (Å²) in [7, 11) is 0. The van der Waals surface area contributed by atoms with Gasteiger partial charge in [0, 0.05) is 6.54 Å². The van der Waals surface area contributed by atoms with Crippen LogP contribution in [-0.4, -0.2) is 26.8 Å². The average molecular weight is 393 g/mol. The number of nitrogens with zero attached hydrogens (tertiary/aromatic N) is 1. The quantitative estimate of drug-likeness (QED) is 0.642. The van der Waals surface area contributed by atoms with Crippen LogP contribution in [0, 0.1) is 5.82 Å². The van der Waals surface area contributed by atoms with E-state index < -0.39 is 29.3 Å². The molecule has 3 aromatic rings. The second kappa shape index (κ2) is 7.27. The number of phenolic OH excluding ortho intramolecular Hbond substituents is 1. The van der Waals surface area contributed by atoms with Crippen LogP contribution in [0.4, 0.5) is 4.39 Å². The van der Waals surface area contributed by atoms with Crippen molar-refractivity contribution in [3.05, 3.63) is 101 Å². The van der Waals surface area contributed by atoms with Crippen LogP contribution in [0.15, 0.2) is 82.7 Å². The summed E-state index contributed by atoms with van der Waals surface area (Å²) in [6, 6.07) is 13.7. The first-order valence-corrected chi connectivity index (χ1v) is 8.81. The van der Waals surface area contributed by atoms with Crippen LogP contribution in [0.2, 0.25) is 0 Å². The van der Waals surface area contributed by atoms with Gasteiger partial charge in [-0.15, -0.1) is 0 Å². The van der Waals surface area contributed by atoms with E-state index in [9.17, 15) is 24.2 Å². The molecule has 6 nitrogen and oxygen atoms in total. The van der Waals surface area contributed by atoms with E-state index in [0.29, 0.717) is 11.1 Å². The average Bonchev–Trinajstić information content (AvgIpc) is 3.32. The molecule has 2 N–H and O–H groups in total. The van der Waals surface area contributed by atoms with Crippen molar-refractivity contribution in [3.8, 4) is 5.75 Å². The van der Waals surface area contributed by atoms with E-state index in [-0.39, 0.29) is 23.6 Å². The number of benzene rings is 2. The van der Waals surface area contributed by atoms with Crippen LogP contribution in [0.1, 0.15) is 27.7 Å². The standard InChI is InChI=1S/C22H16FNO5/c23-15-8-6-13(7-9-15)12-24-19(14-3-1-4-16(25)11-14)18(21(27)22(24)28)20(26)17-5-2-10-29-17/h1-11,19,25,27H,12H2. The van der Waals surface area contributed by atoms with Gasteiger partial charge < -0.3 is 19.5 Å². The second-order valence-electron chi connectivity index (χ2n) is 6.63. The van der Waals surface area contributed by atoms with Gasteiger partial charge in [0.25, 0.3) is 5.91 Å². The van der Waals surface area contributed by atoms with Crippen molar-refractivity contribution in [2.75, 3.05) is 0 Å². The third-order valence-corrected chi connectivity index (χ3v) is 4.75. The maximum absolute atomic E-state index is 13.2. The van der Waals surface area contributed by atoms with Gasteiger partial charge in [0.1, 0.15) is 11.6 Å². The van der Waals surface area contributed by atoms with Crippen molar-refractivity contribution in [2.24, 2.45) is 0 Å². The molecule has 7 heteroatoms. The zero-order chi connectivity index (χ0) is 20.5. The number of furan rings is 1. The summed E-state index contributed by atoms with van der Waals surface area (Å²) in [5, 5.41) is 20.4. The lowest BCUT2D eigenvalue weighted by molar-refractivity contribution is -0.130. The van der Waals surface area contributed by atoms with Crippen LogP contribution >= 0.6 is 0 Å². The molecule has 0 radical (unpaired) electrons. The number of rotatable bonds is 5. The zero-order valence-electron chi connectivity index (χ0n) is 15.1. The predicted octanol–water partition coefficient (Wildman–Crippen LogP) is 3.90. The number of phenols is 1. The number of hydrogen-bond donors (Lipinski definition) is 2. The highest BCUT2D eigenvalue weighted by atomic mass is 19.1. The highest BCUT2D eigenvalue weighted by Gasteiger charge is 2.44. The van der Waals surface area contributed by atoms with Crippen molar-refractivity contribution in [3.63, 3.8) is 0 Å². The zero-order valence-corrected chi connectivity index (χ0v) is 15.1. The molecule has 29 heavy (non-hydrogen) atoms. The Balaban J connectivity index is 1.79. The molecule has 0 spiro atoms. The number of aliphatic hydroxyl groups excluding tert-OH is 1. The largest absolute Gasteiger partial charge is 0.508 e. The molecule has 0 aliphatic carbocycles. The lowest BCUT2D eigenvalue weighted by Crippen LogP contribution is -2.30. The number of Topliss-reactive ketones (excluding diaryl/α,β-unsaturated/α-hetero) is 1.